The van der Waals surface area contributed by atoms with Gasteiger partial charge in [-0.15, -0.1) is 0 Å². The molecule has 3 nitrogen and oxygen atoms in total. The number of carbonyl (C=O) groups excluding carboxylic acids is 1. The highest BCUT2D eigenvalue weighted by molar-refractivity contribution is 5.90. The summed E-state index contributed by atoms with van der Waals surface area (Å²) >= 11 is 0. The summed E-state index contributed by atoms with van der Waals surface area (Å²) in [6.07, 6.45) is 5.43. The Morgan fingerprint density at radius 1 is 1.11 bits per heavy atom. The van der Waals surface area contributed by atoms with E-state index in [0.29, 0.717) is 6.42 Å². The number of anilines is 1. The molecule has 0 fully saturated rings. The van der Waals surface area contributed by atoms with Crippen LogP contribution < -0.4 is 5.32 Å². The van der Waals surface area contributed by atoms with E-state index in [-0.39, 0.29) is 5.91 Å². The molecular weight excluding hydrogens is 236 g/mol. The largest absolute Gasteiger partial charge is 0.354 e. The van der Waals surface area contributed by atoms with Crippen molar-refractivity contribution in [2.45, 2.75) is 33.2 Å². The topological polar surface area (TPSA) is 34.0 Å². The molecule has 0 saturated heterocycles. The van der Waals surface area contributed by atoms with Crippen LogP contribution in [0.25, 0.3) is 0 Å². The molecule has 3 heteroatoms. The third-order valence-corrected chi connectivity index (χ3v) is 2.99. The molecule has 0 radical (unpaired) electrons. The van der Waals surface area contributed by atoms with Crippen molar-refractivity contribution in [2.75, 3.05) is 5.32 Å². The van der Waals surface area contributed by atoms with E-state index in [1.54, 1.807) is 0 Å². The van der Waals surface area contributed by atoms with Crippen molar-refractivity contribution < 1.29 is 4.79 Å². The molecule has 0 unspecified atom stereocenters. The SMILES string of the molecule is Cc1cc(C)cc(NC(=O)CCCn2cccc2)c1. The van der Waals surface area contributed by atoms with Crippen LogP contribution in [-0.4, -0.2) is 10.5 Å². The molecule has 19 heavy (non-hydrogen) atoms. The van der Waals surface area contributed by atoms with Crippen molar-refractivity contribution in [3.05, 3.63) is 53.9 Å². The molecule has 0 aliphatic heterocycles. The normalized spacial score (nSPS) is 10.4. The first-order valence-electron chi connectivity index (χ1n) is 6.62. The molecule has 0 saturated carbocycles. The highest BCUT2D eigenvalue weighted by Gasteiger charge is 2.03. The third-order valence-electron chi connectivity index (χ3n) is 2.99. The molecular formula is C16H20N2O. The van der Waals surface area contributed by atoms with E-state index in [4.69, 9.17) is 0 Å². The van der Waals surface area contributed by atoms with Crippen LogP contribution in [0.5, 0.6) is 0 Å². The van der Waals surface area contributed by atoms with E-state index in [9.17, 15) is 4.79 Å². The number of hydrogen-bond acceptors (Lipinski definition) is 1. The van der Waals surface area contributed by atoms with Gasteiger partial charge in [0.15, 0.2) is 0 Å². The molecule has 0 spiro atoms. The summed E-state index contributed by atoms with van der Waals surface area (Å²) < 4.78 is 2.09. The Bertz CT molecular complexity index is 524. The molecule has 0 aliphatic rings. The van der Waals surface area contributed by atoms with Crippen LogP contribution in [0.1, 0.15) is 24.0 Å². The number of aromatic nitrogens is 1. The quantitative estimate of drug-likeness (QED) is 0.872. The lowest BCUT2D eigenvalue weighted by Gasteiger charge is -2.08. The molecule has 1 amide bonds. The highest BCUT2D eigenvalue weighted by atomic mass is 16.1. The maximum Gasteiger partial charge on any atom is 0.224 e. The minimum atomic E-state index is 0.0807. The lowest BCUT2D eigenvalue weighted by Crippen LogP contribution is -2.12. The standard InChI is InChI=1S/C16H20N2O/c1-13-10-14(2)12-15(11-13)17-16(19)6-5-9-18-7-3-4-8-18/h3-4,7-8,10-12H,5-6,9H2,1-2H3,(H,17,19). The zero-order chi connectivity index (χ0) is 13.7. The summed E-state index contributed by atoms with van der Waals surface area (Å²) in [6, 6.07) is 10.1. The van der Waals surface area contributed by atoms with Gasteiger partial charge in [0, 0.05) is 31.0 Å². The first-order valence-corrected chi connectivity index (χ1v) is 6.62. The maximum absolute atomic E-state index is 11.8. The van der Waals surface area contributed by atoms with E-state index in [0.717, 1.165) is 18.7 Å². The second-order valence-electron chi connectivity index (χ2n) is 4.95. The fourth-order valence-corrected chi connectivity index (χ4v) is 2.21. The Labute approximate surface area is 114 Å². The van der Waals surface area contributed by atoms with Crippen LogP contribution in [0.3, 0.4) is 0 Å². The average molecular weight is 256 g/mol. The minimum absolute atomic E-state index is 0.0807. The summed E-state index contributed by atoms with van der Waals surface area (Å²) in [4.78, 5) is 11.8. The van der Waals surface area contributed by atoms with Crippen LogP contribution in [0.4, 0.5) is 5.69 Å². The third kappa shape index (κ3) is 4.28. The van der Waals surface area contributed by atoms with Crippen LogP contribution in [0.15, 0.2) is 42.7 Å². The summed E-state index contributed by atoms with van der Waals surface area (Å²) in [6.45, 7) is 4.96. The number of nitrogens with zero attached hydrogens (tertiary/aromatic N) is 1. The fraction of sp³-hybridized carbons (Fsp3) is 0.312. The first-order chi connectivity index (χ1) is 9.13. The molecule has 0 aliphatic carbocycles. The van der Waals surface area contributed by atoms with Crippen molar-refractivity contribution in [1.82, 2.24) is 4.57 Å². The van der Waals surface area contributed by atoms with Gasteiger partial charge in [-0.1, -0.05) is 6.07 Å². The maximum atomic E-state index is 11.8. The molecule has 0 bridgehead atoms. The molecule has 1 heterocycles. The minimum Gasteiger partial charge on any atom is -0.354 e. The van der Waals surface area contributed by atoms with Crippen LogP contribution >= 0.6 is 0 Å². The number of benzene rings is 1. The van der Waals surface area contributed by atoms with Gasteiger partial charge in [0.25, 0.3) is 0 Å². The van der Waals surface area contributed by atoms with Gasteiger partial charge in [-0.2, -0.15) is 0 Å². The van der Waals surface area contributed by atoms with E-state index < -0.39 is 0 Å². The van der Waals surface area contributed by atoms with E-state index in [2.05, 4.69) is 16.0 Å². The zero-order valence-electron chi connectivity index (χ0n) is 11.5. The Hall–Kier alpha value is -2.03. The average Bonchev–Trinajstić information content (AvgIpc) is 2.80. The Morgan fingerprint density at radius 3 is 2.37 bits per heavy atom. The first kappa shape index (κ1) is 13.4. The summed E-state index contributed by atoms with van der Waals surface area (Å²) in [5.74, 6) is 0.0807. The molecule has 2 aromatic rings. The van der Waals surface area contributed by atoms with E-state index in [1.165, 1.54) is 11.1 Å². The Balaban J connectivity index is 1.80. The second kappa shape index (κ2) is 6.23. The molecule has 1 N–H and O–H groups in total. The van der Waals surface area contributed by atoms with Crippen molar-refractivity contribution in [2.24, 2.45) is 0 Å². The van der Waals surface area contributed by atoms with Crippen LogP contribution in [0.2, 0.25) is 0 Å². The predicted octanol–water partition coefficient (Wildman–Crippen LogP) is 3.52. The monoisotopic (exact) mass is 256 g/mol. The van der Waals surface area contributed by atoms with Crippen molar-refractivity contribution in [1.29, 1.82) is 0 Å². The van der Waals surface area contributed by atoms with Gasteiger partial charge < -0.3 is 9.88 Å². The number of carbonyl (C=O) groups is 1. The van der Waals surface area contributed by atoms with Gasteiger partial charge in [-0.25, -0.2) is 0 Å². The Morgan fingerprint density at radius 2 is 1.74 bits per heavy atom. The second-order valence-corrected chi connectivity index (χ2v) is 4.95. The molecule has 2 rings (SSSR count). The van der Waals surface area contributed by atoms with Crippen molar-refractivity contribution in [3.8, 4) is 0 Å². The van der Waals surface area contributed by atoms with Gasteiger partial charge in [0.05, 0.1) is 0 Å². The molecule has 100 valence electrons. The number of amides is 1. The highest BCUT2D eigenvalue weighted by Crippen LogP contribution is 2.14. The number of hydrogen-bond donors (Lipinski definition) is 1. The van der Waals surface area contributed by atoms with Crippen molar-refractivity contribution in [3.63, 3.8) is 0 Å². The molecule has 1 aromatic carbocycles. The smallest absolute Gasteiger partial charge is 0.224 e. The van der Waals surface area contributed by atoms with Gasteiger partial charge in [0.2, 0.25) is 5.91 Å². The fourth-order valence-electron chi connectivity index (χ4n) is 2.21. The summed E-state index contributed by atoms with van der Waals surface area (Å²) in [5, 5.41) is 2.96. The van der Waals surface area contributed by atoms with Gasteiger partial charge in [-0.3, -0.25) is 4.79 Å². The van der Waals surface area contributed by atoms with E-state index in [1.807, 2.05) is 50.5 Å². The van der Waals surface area contributed by atoms with Crippen LogP contribution in [0, 0.1) is 13.8 Å². The zero-order valence-corrected chi connectivity index (χ0v) is 11.5. The number of rotatable bonds is 5. The van der Waals surface area contributed by atoms with E-state index >= 15 is 0 Å². The summed E-state index contributed by atoms with van der Waals surface area (Å²) in [5.41, 5.74) is 3.23. The van der Waals surface area contributed by atoms with Gasteiger partial charge >= 0.3 is 0 Å². The predicted molar refractivity (Wildman–Crippen MR) is 78.2 cm³/mol. The lowest BCUT2D eigenvalue weighted by atomic mass is 10.1. The van der Waals surface area contributed by atoms with Crippen molar-refractivity contribution >= 4 is 11.6 Å². The Kier molecular flexibility index (Phi) is 4.39. The summed E-state index contributed by atoms with van der Waals surface area (Å²) in [7, 11) is 0. The molecule has 0 atom stereocenters. The molecule has 1 aromatic heterocycles. The number of aryl methyl sites for hydroxylation is 3. The number of nitrogens with one attached hydrogen (secondary N) is 1. The van der Waals surface area contributed by atoms with Crippen LogP contribution in [-0.2, 0) is 11.3 Å². The lowest BCUT2D eigenvalue weighted by molar-refractivity contribution is -0.116. The van der Waals surface area contributed by atoms with Gasteiger partial charge in [0.1, 0.15) is 0 Å². The van der Waals surface area contributed by atoms with Gasteiger partial charge in [-0.05, 0) is 55.7 Å².